The van der Waals surface area contributed by atoms with Gasteiger partial charge >= 0.3 is 7.12 Å². The van der Waals surface area contributed by atoms with Crippen molar-refractivity contribution >= 4 is 18.4 Å². The molecule has 1 fully saturated rings. The van der Waals surface area contributed by atoms with Gasteiger partial charge in [0.1, 0.15) is 0 Å². The third kappa shape index (κ3) is 7.32. The van der Waals surface area contributed by atoms with Gasteiger partial charge in [-0.05, 0) is 58.5 Å². The molecule has 5 nitrogen and oxygen atoms in total. The molecule has 3 rings (SSSR count). The number of hydrogen-bond donors (Lipinski definition) is 0. The molecule has 0 radical (unpaired) electrons. The molecule has 0 amide bonds. The standard InChI is InChI=1S/C19H25BN2O3.C4H10.C2H6/c1-13(23)11-22-12-17(14(2)21-22)15-7-9-16(10-8-15)20-24-18(3,4)19(5,6)25-20;1-4(2)3;1-2/h7-10,12H,11H2,1-6H3;4H,1-3H3;1-2H3. The van der Waals surface area contributed by atoms with Crippen LogP contribution in [0.2, 0.25) is 0 Å². The van der Waals surface area contributed by atoms with Gasteiger partial charge in [0.2, 0.25) is 0 Å². The SMILES string of the molecule is CC.CC(=O)Cn1cc(-c2ccc(B3OC(C)(C)C(C)(C)O3)cc2)c(C)n1.CC(C)C. The lowest BCUT2D eigenvalue weighted by atomic mass is 9.78. The van der Waals surface area contributed by atoms with E-state index in [0.29, 0.717) is 6.54 Å². The van der Waals surface area contributed by atoms with Crippen LogP contribution in [0.4, 0.5) is 0 Å². The minimum Gasteiger partial charge on any atom is -0.399 e. The summed E-state index contributed by atoms with van der Waals surface area (Å²) in [6, 6.07) is 8.14. The molecule has 2 heterocycles. The highest BCUT2D eigenvalue weighted by Crippen LogP contribution is 2.36. The molecular formula is C25H41BN2O3. The zero-order chi connectivity index (χ0) is 24.0. The van der Waals surface area contributed by atoms with Gasteiger partial charge in [0, 0.05) is 11.8 Å². The number of aromatic nitrogens is 2. The van der Waals surface area contributed by atoms with Crippen LogP contribution in [0.3, 0.4) is 0 Å². The number of benzene rings is 1. The summed E-state index contributed by atoms with van der Waals surface area (Å²) in [4.78, 5) is 11.3. The zero-order valence-corrected chi connectivity index (χ0v) is 21.4. The van der Waals surface area contributed by atoms with E-state index in [1.165, 1.54) is 0 Å². The van der Waals surface area contributed by atoms with Gasteiger partial charge in [-0.2, -0.15) is 5.10 Å². The average molecular weight is 428 g/mol. The largest absolute Gasteiger partial charge is 0.494 e. The van der Waals surface area contributed by atoms with Gasteiger partial charge in [-0.25, -0.2) is 0 Å². The number of nitrogens with zero attached hydrogens (tertiary/aromatic N) is 2. The Kier molecular flexibility index (Phi) is 9.71. The molecule has 0 atom stereocenters. The summed E-state index contributed by atoms with van der Waals surface area (Å²) in [7, 11) is -0.361. The van der Waals surface area contributed by atoms with Gasteiger partial charge in [0.25, 0.3) is 0 Å². The Bertz CT molecular complexity index is 820. The van der Waals surface area contributed by atoms with E-state index in [9.17, 15) is 4.79 Å². The van der Waals surface area contributed by atoms with Crippen molar-refractivity contribution in [3.8, 4) is 11.1 Å². The van der Waals surface area contributed by atoms with Crippen LogP contribution in [0.15, 0.2) is 30.5 Å². The predicted octanol–water partition coefficient (Wildman–Crippen LogP) is 5.44. The molecule has 2 aromatic rings. The maximum atomic E-state index is 11.3. The Morgan fingerprint density at radius 1 is 1.03 bits per heavy atom. The van der Waals surface area contributed by atoms with Crippen molar-refractivity contribution in [1.82, 2.24) is 9.78 Å². The van der Waals surface area contributed by atoms with E-state index in [4.69, 9.17) is 9.31 Å². The van der Waals surface area contributed by atoms with Crippen molar-refractivity contribution in [1.29, 1.82) is 0 Å². The molecule has 0 aliphatic carbocycles. The van der Waals surface area contributed by atoms with Crippen molar-refractivity contribution in [2.24, 2.45) is 5.92 Å². The molecule has 1 aromatic carbocycles. The van der Waals surface area contributed by atoms with E-state index in [0.717, 1.165) is 28.2 Å². The van der Waals surface area contributed by atoms with E-state index >= 15 is 0 Å². The summed E-state index contributed by atoms with van der Waals surface area (Å²) < 4.78 is 13.9. The first-order chi connectivity index (χ1) is 14.3. The smallest absolute Gasteiger partial charge is 0.399 e. The second kappa shape index (κ2) is 11.1. The lowest BCUT2D eigenvalue weighted by Crippen LogP contribution is -2.41. The Morgan fingerprint density at radius 3 is 1.90 bits per heavy atom. The van der Waals surface area contributed by atoms with Gasteiger partial charge in [-0.1, -0.05) is 58.9 Å². The fourth-order valence-electron chi connectivity index (χ4n) is 2.91. The highest BCUT2D eigenvalue weighted by atomic mass is 16.7. The van der Waals surface area contributed by atoms with Crippen LogP contribution >= 0.6 is 0 Å². The average Bonchev–Trinajstić information content (AvgIpc) is 3.11. The number of carbonyl (C=O) groups is 1. The number of rotatable bonds is 4. The molecule has 6 heteroatoms. The zero-order valence-electron chi connectivity index (χ0n) is 21.4. The molecule has 0 bridgehead atoms. The van der Waals surface area contributed by atoms with Crippen LogP contribution in [0, 0.1) is 12.8 Å². The summed E-state index contributed by atoms with van der Waals surface area (Å²) in [6.07, 6.45) is 1.92. The van der Waals surface area contributed by atoms with Crippen molar-refractivity contribution in [3.63, 3.8) is 0 Å². The van der Waals surface area contributed by atoms with Crippen molar-refractivity contribution in [2.75, 3.05) is 0 Å². The summed E-state index contributed by atoms with van der Waals surface area (Å²) >= 11 is 0. The van der Waals surface area contributed by atoms with Crippen molar-refractivity contribution in [3.05, 3.63) is 36.2 Å². The minimum atomic E-state index is -0.361. The monoisotopic (exact) mass is 428 g/mol. The van der Waals surface area contributed by atoms with E-state index in [1.807, 2.05) is 78.9 Å². The van der Waals surface area contributed by atoms with E-state index in [1.54, 1.807) is 11.6 Å². The Morgan fingerprint density at radius 2 is 1.48 bits per heavy atom. The number of hydrogen-bond acceptors (Lipinski definition) is 4. The molecule has 172 valence electrons. The summed E-state index contributed by atoms with van der Waals surface area (Å²) in [5, 5.41) is 4.41. The molecule has 0 N–H and O–H groups in total. The molecule has 0 spiro atoms. The van der Waals surface area contributed by atoms with Crippen LogP contribution in [0.1, 0.15) is 74.9 Å². The highest BCUT2D eigenvalue weighted by Gasteiger charge is 2.51. The van der Waals surface area contributed by atoms with Crippen molar-refractivity contribution < 1.29 is 14.1 Å². The molecule has 1 aliphatic heterocycles. The third-order valence-electron chi connectivity index (χ3n) is 5.08. The first kappa shape index (κ1) is 27.1. The number of ketones is 1. The molecule has 1 aromatic heterocycles. The predicted molar refractivity (Wildman–Crippen MR) is 131 cm³/mol. The number of Topliss-reactive ketones (excluding diaryl/α,β-unsaturated/α-hetero) is 1. The lowest BCUT2D eigenvalue weighted by molar-refractivity contribution is -0.117. The van der Waals surface area contributed by atoms with Crippen LogP contribution in [-0.2, 0) is 20.6 Å². The molecule has 0 unspecified atom stereocenters. The minimum absolute atomic E-state index is 0.0881. The summed E-state index contributed by atoms with van der Waals surface area (Å²) in [5.41, 5.74) is 3.30. The second-order valence-corrected chi connectivity index (χ2v) is 9.47. The van der Waals surface area contributed by atoms with Crippen molar-refractivity contribution in [2.45, 2.75) is 93.9 Å². The molecule has 0 saturated carbocycles. The van der Waals surface area contributed by atoms with Gasteiger partial charge in [0.05, 0.1) is 23.4 Å². The molecule has 1 saturated heterocycles. The topological polar surface area (TPSA) is 53.4 Å². The van der Waals surface area contributed by atoms with Crippen LogP contribution < -0.4 is 5.46 Å². The fourth-order valence-corrected chi connectivity index (χ4v) is 2.91. The fraction of sp³-hybridized carbons (Fsp3) is 0.600. The van der Waals surface area contributed by atoms with Crippen LogP contribution in [0.25, 0.3) is 11.1 Å². The van der Waals surface area contributed by atoms with E-state index in [2.05, 4.69) is 25.9 Å². The Hall–Kier alpha value is -1.92. The maximum absolute atomic E-state index is 11.3. The summed E-state index contributed by atoms with van der Waals surface area (Å²) in [5.74, 6) is 0.921. The van der Waals surface area contributed by atoms with Crippen LogP contribution in [0.5, 0.6) is 0 Å². The Balaban J connectivity index is 0.000000720. The first-order valence-electron chi connectivity index (χ1n) is 11.3. The van der Waals surface area contributed by atoms with E-state index in [-0.39, 0.29) is 24.1 Å². The number of carbonyl (C=O) groups excluding carboxylic acids is 1. The third-order valence-corrected chi connectivity index (χ3v) is 5.08. The molecule has 1 aliphatic rings. The Labute approximate surface area is 189 Å². The van der Waals surface area contributed by atoms with Gasteiger partial charge in [-0.15, -0.1) is 0 Å². The number of aryl methyl sites for hydroxylation is 1. The van der Waals surface area contributed by atoms with Gasteiger partial charge in [-0.3, -0.25) is 9.48 Å². The highest BCUT2D eigenvalue weighted by molar-refractivity contribution is 6.62. The quantitative estimate of drug-likeness (QED) is 0.609. The lowest BCUT2D eigenvalue weighted by Gasteiger charge is -2.32. The first-order valence-corrected chi connectivity index (χ1v) is 11.3. The summed E-state index contributed by atoms with van der Waals surface area (Å²) in [6.45, 7) is 22.5. The van der Waals surface area contributed by atoms with E-state index < -0.39 is 0 Å². The maximum Gasteiger partial charge on any atom is 0.494 e. The molecular weight excluding hydrogens is 387 g/mol. The second-order valence-electron chi connectivity index (χ2n) is 9.47. The van der Waals surface area contributed by atoms with Crippen LogP contribution in [-0.4, -0.2) is 33.9 Å². The molecule has 31 heavy (non-hydrogen) atoms. The van der Waals surface area contributed by atoms with Gasteiger partial charge < -0.3 is 9.31 Å². The van der Waals surface area contributed by atoms with Gasteiger partial charge in [0.15, 0.2) is 5.78 Å². The normalized spacial score (nSPS) is 16.3.